The van der Waals surface area contributed by atoms with Crippen LogP contribution in [0.15, 0.2) is 24.3 Å². The van der Waals surface area contributed by atoms with E-state index in [2.05, 4.69) is 10.6 Å². The molecule has 0 radical (unpaired) electrons. The molecule has 2 aliphatic heterocycles. The maximum Gasteiger partial charge on any atom is 0.322 e. The molecule has 0 spiro atoms. The van der Waals surface area contributed by atoms with Crippen molar-refractivity contribution in [3.8, 4) is 0 Å². The second kappa shape index (κ2) is 7.47. The molecule has 1 aromatic carbocycles. The first-order valence-corrected chi connectivity index (χ1v) is 9.77. The van der Waals surface area contributed by atoms with Gasteiger partial charge < -0.3 is 15.5 Å². The summed E-state index contributed by atoms with van der Waals surface area (Å²) in [6.07, 6.45) is 4.75. The van der Waals surface area contributed by atoms with Crippen LogP contribution in [0, 0.1) is 5.41 Å². The molecule has 2 aliphatic rings. The highest BCUT2D eigenvalue weighted by Crippen LogP contribution is 2.35. The van der Waals surface area contributed by atoms with E-state index < -0.39 is 5.41 Å². The summed E-state index contributed by atoms with van der Waals surface area (Å²) in [7, 11) is 0. The number of rotatable bonds is 2. The Kier molecular flexibility index (Phi) is 5.47. The summed E-state index contributed by atoms with van der Waals surface area (Å²) < 4.78 is 0. The van der Waals surface area contributed by atoms with Crippen LogP contribution in [0.4, 0.5) is 10.5 Å². The molecule has 6 heteroatoms. The van der Waals surface area contributed by atoms with Gasteiger partial charge >= 0.3 is 6.03 Å². The summed E-state index contributed by atoms with van der Waals surface area (Å²) in [5, 5.41) is 6.77. The second-order valence-corrected chi connectivity index (χ2v) is 8.91. The van der Waals surface area contributed by atoms with Crippen LogP contribution in [0.5, 0.6) is 0 Å². The molecule has 26 heavy (non-hydrogen) atoms. The van der Waals surface area contributed by atoms with E-state index in [0.29, 0.717) is 10.7 Å². The summed E-state index contributed by atoms with van der Waals surface area (Å²) in [6.45, 7) is 5.78. The quantitative estimate of drug-likeness (QED) is 0.801. The Hall–Kier alpha value is -1.75. The largest absolute Gasteiger partial charge is 0.353 e. The van der Waals surface area contributed by atoms with Crippen LogP contribution < -0.4 is 10.6 Å². The normalized spacial score (nSPS) is 25.5. The van der Waals surface area contributed by atoms with Crippen molar-refractivity contribution in [2.75, 3.05) is 5.32 Å². The monoisotopic (exact) mass is 377 g/mol. The van der Waals surface area contributed by atoms with Gasteiger partial charge in [0.2, 0.25) is 5.91 Å². The van der Waals surface area contributed by atoms with Gasteiger partial charge in [0.15, 0.2) is 0 Å². The van der Waals surface area contributed by atoms with Crippen LogP contribution >= 0.6 is 11.6 Å². The highest BCUT2D eigenvalue weighted by molar-refractivity contribution is 6.30. The Morgan fingerprint density at radius 3 is 2.38 bits per heavy atom. The lowest BCUT2D eigenvalue weighted by atomic mass is 9.81. The van der Waals surface area contributed by atoms with Gasteiger partial charge in [-0.3, -0.25) is 4.79 Å². The van der Waals surface area contributed by atoms with Gasteiger partial charge in [-0.25, -0.2) is 4.79 Å². The molecule has 3 rings (SSSR count). The molecule has 142 valence electrons. The van der Waals surface area contributed by atoms with E-state index in [1.807, 2.05) is 37.8 Å². The van der Waals surface area contributed by atoms with E-state index in [9.17, 15) is 9.59 Å². The molecular weight excluding hydrogens is 350 g/mol. The van der Waals surface area contributed by atoms with E-state index in [4.69, 9.17) is 11.6 Å². The second-order valence-electron chi connectivity index (χ2n) is 8.48. The number of anilines is 1. The highest BCUT2D eigenvalue weighted by atomic mass is 35.5. The van der Waals surface area contributed by atoms with E-state index in [1.165, 1.54) is 0 Å². The Bertz CT molecular complexity index is 672. The van der Waals surface area contributed by atoms with Crippen LogP contribution in [0.2, 0.25) is 5.02 Å². The van der Waals surface area contributed by atoms with E-state index in [-0.39, 0.29) is 30.1 Å². The average molecular weight is 378 g/mol. The number of urea groups is 1. The molecule has 5 nitrogen and oxygen atoms in total. The predicted octanol–water partition coefficient (Wildman–Crippen LogP) is 4.42. The zero-order valence-electron chi connectivity index (χ0n) is 15.7. The number of piperidine rings is 2. The molecule has 0 saturated carbocycles. The molecule has 2 fully saturated rings. The molecule has 3 amide bonds. The predicted molar refractivity (Wildman–Crippen MR) is 104 cm³/mol. The van der Waals surface area contributed by atoms with Gasteiger partial charge in [-0.15, -0.1) is 0 Å². The van der Waals surface area contributed by atoms with Gasteiger partial charge in [-0.1, -0.05) is 38.4 Å². The molecule has 1 aromatic rings. The minimum absolute atomic E-state index is 0.0671. The van der Waals surface area contributed by atoms with Crippen LogP contribution in [0.25, 0.3) is 0 Å². The first-order chi connectivity index (χ1) is 12.2. The van der Waals surface area contributed by atoms with Crippen molar-refractivity contribution in [3.63, 3.8) is 0 Å². The number of amides is 3. The first-order valence-electron chi connectivity index (χ1n) is 9.40. The third-order valence-corrected chi connectivity index (χ3v) is 5.54. The lowest BCUT2D eigenvalue weighted by molar-refractivity contribution is -0.129. The minimum atomic E-state index is -0.393. The average Bonchev–Trinajstić information content (AvgIpc) is 2.53. The topological polar surface area (TPSA) is 61.4 Å². The number of hydrogen-bond acceptors (Lipinski definition) is 2. The smallest absolute Gasteiger partial charge is 0.322 e. The Morgan fingerprint density at radius 1 is 1.15 bits per heavy atom. The number of nitrogens with zero attached hydrogens (tertiary/aromatic N) is 1. The fraction of sp³-hybridized carbons (Fsp3) is 0.600. The Balaban J connectivity index is 1.67. The van der Waals surface area contributed by atoms with Crippen LogP contribution in [0.3, 0.4) is 0 Å². The number of nitrogens with one attached hydrogen (secondary N) is 2. The molecule has 2 saturated heterocycles. The zero-order valence-corrected chi connectivity index (χ0v) is 16.5. The van der Waals surface area contributed by atoms with Gasteiger partial charge in [0, 0.05) is 34.3 Å². The van der Waals surface area contributed by atoms with Crippen LogP contribution in [0.1, 0.15) is 52.9 Å². The van der Waals surface area contributed by atoms with Gasteiger partial charge in [0.1, 0.15) is 0 Å². The number of fused-ring (bicyclic) bond motifs is 2. The third-order valence-electron chi connectivity index (χ3n) is 5.30. The van der Waals surface area contributed by atoms with Crippen molar-refractivity contribution in [2.24, 2.45) is 5.41 Å². The van der Waals surface area contributed by atoms with Gasteiger partial charge in [-0.05, 0) is 50.3 Å². The first kappa shape index (κ1) is 19.0. The van der Waals surface area contributed by atoms with Gasteiger partial charge in [-0.2, -0.15) is 0 Å². The molecule has 0 aliphatic carbocycles. The number of halogens is 1. The lowest BCUT2D eigenvalue weighted by Gasteiger charge is -2.49. The number of benzene rings is 1. The maximum absolute atomic E-state index is 12.9. The molecule has 2 unspecified atom stereocenters. The summed E-state index contributed by atoms with van der Waals surface area (Å²) in [4.78, 5) is 27.2. The van der Waals surface area contributed by atoms with Crippen molar-refractivity contribution < 1.29 is 9.59 Å². The van der Waals surface area contributed by atoms with Crippen LogP contribution in [-0.4, -0.2) is 35.0 Å². The highest BCUT2D eigenvalue weighted by Gasteiger charge is 2.41. The standard InChI is InChI=1S/C20H28ClN3O2/c1-20(2,3)18(25)22-15-11-16-8-5-9-17(12-15)24(16)19(26)23-14-7-4-6-13(21)10-14/h4,6-7,10,15-17H,5,8-9,11-12H2,1-3H3,(H,22,25)(H,23,26). The Labute approximate surface area is 160 Å². The lowest BCUT2D eigenvalue weighted by Crippen LogP contribution is -2.60. The molecular formula is C20H28ClN3O2. The Morgan fingerprint density at radius 2 is 1.81 bits per heavy atom. The molecule has 2 bridgehead atoms. The summed E-state index contributed by atoms with van der Waals surface area (Å²) in [5.74, 6) is 0.0809. The number of carbonyl (C=O) groups is 2. The van der Waals surface area contributed by atoms with Crippen LogP contribution in [-0.2, 0) is 4.79 Å². The number of hydrogen-bond donors (Lipinski definition) is 2. The fourth-order valence-electron chi connectivity index (χ4n) is 3.99. The van der Waals surface area contributed by atoms with E-state index >= 15 is 0 Å². The molecule has 0 aromatic heterocycles. The number of carbonyl (C=O) groups excluding carboxylic acids is 2. The van der Waals surface area contributed by atoms with Crippen molar-refractivity contribution in [2.45, 2.75) is 71.0 Å². The summed E-state index contributed by atoms with van der Waals surface area (Å²) in [5.41, 5.74) is 0.319. The van der Waals surface area contributed by atoms with E-state index in [1.54, 1.807) is 12.1 Å². The van der Waals surface area contributed by atoms with E-state index in [0.717, 1.165) is 32.1 Å². The molecule has 2 heterocycles. The van der Waals surface area contributed by atoms with Gasteiger partial charge in [0.05, 0.1) is 0 Å². The van der Waals surface area contributed by atoms with Crippen molar-refractivity contribution >= 4 is 29.2 Å². The molecule has 2 N–H and O–H groups in total. The van der Waals surface area contributed by atoms with Crippen molar-refractivity contribution in [1.82, 2.24) is 10.2 Å². The summed E-state index contributed by atoms with van der Waals surface area (Å²) >= 11 is 6.01. The van der Waals surface area contributed by atoms with Crippen molar-refractivity contribution in [1.29, 1.82) is 0 Å². The summed E-state index contributed by atoms with van der Waals surface area (Å²) in [6, 6.07) is 7.64. The minimum Gasteiger partial charge on any atom is -0.353 e. The van der Waals surface area contributed by atoms with Crippen molar-refractivity contribution in [3.05, 3.63) is 29.3 Å². The third kappa shape index (κ3) is 4.32. The zero-order chi connectivity index (χ0) is 18.9. The SMILES string of the molecule is CC(C)(C)C(=O)NC1CC2CCCC(C1)N2C(=O)Nc1cccc(Cl)c1. The maximum atomic E-state index is 12.9. The van der Waals surface area contributed by atoms with Gasteiger partial charge in [0.25, 0.3) is 0 Å². The fourth-order valence-corrected chi connectivity index (χ4v) is 4.18. The molecule has 2 atom stereocenters.